The van der Waals surface area contributed by atoms with Crippen molar-refractivity contribution < 1.29 is 9.90 Å². The first kappa shape index (κ1) is 14.5. The smallest absolute Gasteiger partial charge is 0.310 e. The van der Waals surface area contributed by atoms with Gasteiger partial charge in [0.2, 0.25) is 0 Å². The van der Waals surface area contributed by atoms with Crippen LogP contribution in [0.5, 0.6) is 0 Å². The Kier molecular flexibility index (Phi) is 4.59. The summed E-state index contributed by atoms with van der Waals surface area (Å²) in [7, 11) is 0. The zero-order chi connectivity index (χ0) is 13.1. The standard InChI is InChI=1S/C14H27NO2/c1-13(2,11-7-5-6-8-11)9-15-10-14(3,4)12(16)17/h11,15H,5-10H2,1-4H3,(H,16,17). The molecule has 0 unspecified atom stereocenters. The minimum atomic E-state index is -0.733. The van der Waals surface area contributed by atoms with Crippen LogP contribution in [-0.4, -0.2) is 24.2 Å². The molecule has 0 radical (unpaired) electrons. The third kappa shape index (κ3) is 3.98. The highest BCUT2D eigenvalue weighted by molar-refractivity contribution is 5.73. The second-order valence-corrected chi connectivity index (χ2v) is 6.76. The minimum Gasteiger partial charge on any atom is -0.481 e. The molecular weight excluding hydrogens is 214 g/mol. The molecule has 0 atom stereocenters. The lowest BCUT2D eigenvalue weighted by atomic mass is 9.77. The summed E-state index contributed by atoms with van der Waals surface area (Å²) in [5.74, 6) is 0.0617. The average molecular weight is 241 g/mol. The molecule has 0 spiro atoms. The van der Waals surface area contributed by atoms with E-state index in [1.807, 2.05) is 0 Å². The molecule has 1 saturated carbocycles. The summed E-state index contributed by atoms with van der Waals surface area (Å²) in [5, 5.41) is 12.4. The van der Waals surface area contributed by atoms with Crippen molar-refractivity contribution in [2.75, 3.05) is 13.1 Å². The van der Waals surface area contributed by atoms with Gasteiger partial charge in [-0.3, -0.25) is 4.79 Å². The SMILES string of the molecule is CC(C)(CNCC(C)(C)C1CCCC1)C(=O)O. The predicted octanol–water partition coefficient (Wildman–Crippen LogP) is 2.90. The number of nitrogens with one attached hydrogen (secondary N) is 1. The van der Waals surface area contributed by atoms with E-state index in [4.69, 9.17) is 5.11 Å². The normalized spacial score (nSPS) is 18.6. The van der Waals surface area contributed by atoms with E-state index in [1.165, 1.54) is 25.7 Å². The summed E-state index contributed by atoms with van der Waals surface area (Å²) >= 11 is 0. The molecule has 100 valence electrons. The van der Waals surface area contributed by atoms with Crippen molar-refractivity contribution in [3.8, 4) is 0 Å². The van der Waals surface area contributed by atoms with Crippen LogP contribution in [0.25, 0.3) is 0 Å². The maximum Gasteiger partial charge on any atom is 0.310 e. The molecule has 17 heavy (non-hydrogen) atoms. The topological polar surface area (TPSA) is 49.3 Å². The van der Waals surface area contributed by atoms with Gasteiger partial charge in [0.05, 0.1) is 5.41 Å². The molecule has 0 bridgehead atoms. The quantitative estimate of drug-likeness (QED) is 0.751. The maximum absolute atomic E-state index is 11.0. The second-order valence-electron chi connectivity index (χ2n) is 6.76. The zero-order valence-corrected chi connectivity index (χ0v) is 11.7. The Labute approximate surface area is 105 Å². The van der Waals surface area contributed by atoms with Crippen molar-refractivity contribution in [1.82, 2.24) is 5.32 Å². The first-order valence-electron chi connectivity index (χ1n) is 6.70. The Morgan fingerprint density at radius 1 is 1.18 bits per heavy atom. The number of carbonyl (C=O) groups is 1. The lowest BCUT2D eigenvalue weighted by Crippen LogP contribution is -2.41. The van der Waals surface area contributed by atoms with Crippen LogP contribution in [0.2, 0.25) is 0 Å². The number of rotatable bonds is 6. The highest BCUT2D eigenvalue weighted by atomic mass is 16.4. The van der Waals surface area contributed by atoms with Crippen LogP contribution in [0.3, 0.4) is 0 Å². The fraction of sp³-hybridized carbons (Fsp3) is 0.929. The number of hydrogen-bond donors (Lipinski definition) is 2. The van der Waals surface area contributed by atoms with Gasteiger partial charge >= 0.3 is 5.97 Å². The van der Waals surface area contributed by atoms with Gasteiger partial charge in [-0.05, 0) is 38.0 Å². The van der Waals surface area contributed by atoms with Gasteiger partial charge in [0.25, 0.3) is 0 Å². The molecule has 3 heteroatoms. The Bertz CT molecular complexity index is 265. The van der Waals surface area contributed by atoms with Crippen LogP contribution >= 0.6 is 0 Å². The van der Waals surface area contributed by atoms with Gasteiger partial charge < -0.3 is 10.4 Å². The summed E-state index contributed by atoms with van der Waals surface area (Å²) in [6, 6.07) is 0. The molecule has 3 nitrogen and oxygen atoms in total. The molecular formula is C14H27NO2. The third-order valence-electron chi connectivity index (χ3n) is 4.19. The molecule has 0 aromatic rings. The molecule has 0 saturated heterocycles. The Morgan fingerprint density at radius 3 is 2.18 bits per heavy atom. The Hall–Kier alpha value is -0.570. The number of hydrogen-bond acceptors (Lipinski definition) is 2. The van der Waals surface area contributed by atoms with Gasteiger partial charge in [-0.2, -0.15) is 0 Å². The van der Waals surface area contributed by atoms with Crippen molar-refractivity contribution in [3.63, 3.8) is 0 Å². The third-order valence-corrected chi connectivity index (χ3v) is 4.19. The van der Waals surface area contributed by atoms with Gasteiger partial charge in [0.15, 0.2) is 0 Å². The first-order chi connectivity index (χ1) is 7.76. The lowest BCUT2D eigenvalue weighted by molar-refractivity contribution is -0.146. The molecule has 1 aliphatic carbocycles. The van der Waals surface area contributed by atoms with E-state index in [0.29, 0.717) is 6.54 Å². The summed E-state index contributed by atoms with van der Waals surface area (Å²) < 4.78 is 0. The monoisotopic (exact) mass is 241 g/mol. The van der Waals surface area contributed by atoms with E-state index in [9.17, 15) is 4.79 Å². The van der Waals surface area contributed by atoms with Gasteiger partial charge in [-0.1, -0.05) is 26.7 Å². The largest absolute Gasteiger partial charge is 0.481 e. The predicted molar refractivity (Wildman–Crippen MR) is 70.0 cm³/mol. The van der Waals surface area contributed by atoms with Gasteiger partial charge in [0.1, 0.15) is 0 Å². The summed E-state index contributed by atoms with van der Waals surface area (Å²) in [4.78, 5) is 11.0. The van der Waals surface area contributed by atoms with Gasteiger partial charge in [-0.15, -0.1) is 0 Å². The number of aliphatic carboxylic acids is 1. The summed E-state index contributed by atoms with van der Waals surface area (Å²) in [6.45, 7) is 9.58. The number of carboxylic acid groups (broad SMARTS) is 1. The highest BCUT2D eigenvalue weighted by Crippen LogP contribution is 2.39. The molecule has 1 aliphatic rings. The lowest BCUT2D eigenvalue weighted by Gasteiger charge is -2.33. The van der Waals surface area contributed by atoms with Crippen molar-refractivity contribution >= 4 is 5.97 Å². The molecule has 2 N–H and O–H groups in total. The molecule has 0 amide bonds. The Balaban J connectivity index is 2.37. The summed E-state index contributed by atoms with van der Waals surface area (Å²) in [6.07, 6.45) is 5.37. The molecule has 1 rings (SSSR count). The zero-order valence-electron chi connectivity index (χ0n) is 11.7. The van der Waals surface area contributed by atoms with Crippen LogP contribution in [0.15, 0.2) is 0 Å². The molecule has 0 heterocycles. The minimum absolute atomic E-state index is 0.283. The molecule has 0 aliphatic heterocycles. The first-order valence-corrected chi connectivity index (χ1v) is 6.70. The highest BCUT2D eigenvalue weighted by Gasteiger charge is 2.33. The molecule has 1 fully saturated rings. The summed E-state index contributed by atoms with van der Waals surface area (Å²) in [5.41, 5.74) is -0.392. The Morgan fingerprint density at radius 2 is 1.71 bits per heavy atom. The van der Waals surface area contributed by atoms with E-state index in [2.05, 4.69) is 19.2 Å². The van der Waals surface area contributed by atoms with Crippen LogP contribution in [0, 0.1) is 16.7 Å². The van der Waals surface area contributed by atoms with E-state index in [1.54, 1.807) is 13.8 Å². The van der Waals surface area contributed by atoms with Crippen LogP contribution in [0.4, 0.5) is 0 Å². The fourth-order valence-corrected chi connectivity index (χ4v) is 2.62. The maximum atomic E-state index is 11.0. The van der Waals surface area contributed by atoms with E-state index in [0.717, 1.165) is 12.5 Å². The van der Waals surface area contributed by atoms with Crippen LogP contribution < -0.4 is 5.32 Å². The second kappa shape index (κ2) is 5.38. The van der Waals surface area contributed by atoms with Crippen molar-refractivity contribution in [3.05, 3.63) is 0 Å². The van der Waals surface area contributed by atoms with Crippen LogP contribution in [-0.2, 0) is 4.79 Å². The van der Waals surface area contributed by atoms with Crippen molar-refractivity contribution in [2.45, 2.75) is 53.4 Å². The number of carboxylic acids is 1. The van der Waals surface area contributed by atoms with Gasteiger partial charge in [0, 0.05) is 13.1 Å². The molecule has 0 aromatic heterocycles. The fourth-order valence-electron chi connectivity index (χ4n) is 2.62. The molecule has 0 aromatic carbocycles. The van der Waals surface area contributed by atoms with Crippen molar-refractivity contribution in [1.29, 1.82) is 0 Å². The van der Waals surface area contributed by atoms with E-state index in [-0.39, 0.29) is 5.41 Å². The van der Waals surface area contributed by atoms with E-state index < -0.39 is 11.4 Å². The van der Waals surface area contributed by atoms with Crippen molar-refractivity contribution in [2.24, 2.45) is 16.7 Å². The average Bonchev–Trinajstić information content (AvgIpc) is 2.69. The van der Waals surface area contributed by atoms with E-state index >= 15 is 0 Å². The van der Waals surface area contributed by atoms with Crippen LogP contribution in [0.1, 0.15) is 53.4 Å². The van der Waals surface area contributed by atoms with Gasteiger partial charge in [-0.25, -0.2) is 0 Å².